The normalized spacial score (nSPS) is 17.1. The average Bonchev–Trinajstić information content (AvgIpc) is 3.03. The van der Waals surface area contributed by atoms with Gasteiger partial charge in [0.05, 0.1) is 12.1 Å². The predicted molar refractivity (Wildman–Crippen MR) is 172 cm³/mol. The number of piperidine rings is 1. The van der Waals surface area contributed by atoms with Gasteiger partial charge in [-0.25, -0.2) is 4.79 Å². The summed E-state index contributed by atoms with van der Waals surface area (Å²) in [5, 5.41) is 20.5. The summed E-state index contributed by atoms with van der Waals surface area (Å²) < 4.78 is 5.09. The largest absolute Gasteiger partial charge is 0.436 e. The number of nitrogens with two attached hydrogens (primary N) is 1. The van der Waals surface area contributed by atoms with E-state index in [-0.39, 0.29) is 30.6 Å². The first-order valence-electron chi connectivity index (χ1n) is 15.8. The Morgan fingerprint density at radius 2 is 1.47 bits per heavy atom. The van der Waals surface area contributed by atoms with E-state index in [2.05, 4.69) is 16.0 Å². The maximum atomic E-state index is 13.9. The second kappa shape index (κ2) is 17.5. The van der Waals surface area contributed by atoms with E-state index in [9.17, 15) is 24.3 Å². The third-order valence-electron chi connectivity index (χ3n) is 8.42. The molecule has 11 nitrogen and oxygen atoms in total. The molecular formula is C34H49N5O6. The molecule has 5 atom stereocenters. The summed E-state index contributed by atoms with van der Waals surface area (Å²) in [5.74, 6) is -2.13. The van der Waals surface area contributed by atoms with Gasteiger partial charge in [-0.2, -0.15) is 0 Å². The lowest BCUT2D eigenvalue weighted by molar-refractivity contribution is -0.139. The zero-order valence-electron chi connectivity index (χ0n) is 26.8. The van der Waals surface area contributed by atoms with Crippen LogP contribution in [0.4, 0.5) is 4.79 Å². The molecule has 2 aromatic carbocycles. The molecule has 0 saturated carbocycles. The molecule has 1 aliphatic heterocycles. The highest BCUT2D eigenvalue weighted by Gasteiger charge is 2.35. The van der Waals surface area contributed by atoms with Crippen LogP contribution >= 0.6 is 0 Å². The molecule has 1 fully saturated rings. The van der Waals surface area contributed by atoms with Crippen LogP contribution in [0.2, 0.25) is 0 Å². The summed E-state index contributed by atoms with van der Waals surface area (Å²) in [6.45, 7) is 6.41. The van der Waals surface area contributed by atoms with E-state index in [1.807, 2.05) is 86.5 Å². The Morgan fingerprint density at radius 1 is 0.911 bits per heavy atom. The Labute approximate surface area is 266 Å². The third kappa shape index (κ3) is 11.2. The van der Waals surface area contributed by atoms with Crippen molar-refractivity contribution in [2.24, 2.45) is 17.6 Å². The van der Waals surface area contributed by atoms with Crippen LogP contribution in [0, 0.1) is 11.8 Å². The maximum absolute atomic E-state index is 13.9. The molecule has 3 rings (SSSR count). The minimum Gasteiger partial charge on any atom is -0.436 e. The number of likely N-dealkylation sites (tertiary alicyclic amines) is 1. The lowest BCUT2D eigenvalue weighted by Gasteiger charge is -2.36. The van der Waals surface area contributed by atoms with Crippen molar-refractivity contribution in [1.29, 1.82) is 0 Å². The first-order valence-corrected chi connectivity index (χ1v) is 15.8. The lowest BCUT2D eigenvalue weighted by Crippen LogP contribution is -2.55. The number of hydrogen-bond donors (Lipinski definition) is 5. The predicted octanol–water partition coefficient (Wildman–Crippen LogP) is 2.16. The van der Waals surface area contributed by atoms with Crippen LogP contribution in [0.3, 0.4) is 0 Å². The second-order valence-corrected chi connectivity index (χ2v) is 12.2. The molecule has 246 valence electrons. The number of primary amides is 1. The molecule has 6 N–H and O–H groups in total. The van der Waals surface area contributed by atoms with E-state index >= 15 is 0 Å². The summed E-state index contributed by atoms with van der Waals surface area (Å²) in [4.78, 5) is 53.5. The lowest BCUT2D eigenvalue weighted by atomic mass is 9.88. The minimum absolute atomic E-state index is 0.00352. The number of amides is 4. The quantitative estimate of drug-likeness (QED) is 0.203. The standard InChI is InChI=1S/C34H49N5O6/c1-22(2)30(33(43)39-17-15-27(36-4)16-18-39)38-32(42)26(19-24-11-7-5-8-12-24)21-29(40)28(20-25-13-9-6-10-14-25)37-34(44)45-23(3)31(35)41/h5-14,22-23,26-30,36,40H,15-21H2,1-4H3,(H2,35,41)(H,37,44)(H,38,42)/t23-,26?,28-,29+,30-/m0/s1. The van der Waals surface area contributed by atoms with Crippen molar-refractivity contribution in [2.75, 3.05) is 20.1 Å². The van der Waals surface area contributed by atoms with E-state index in [4.69, 9.17) is 10.5 Å². The Balaban J connectivity index is 1.81. The molecular weight excluding hydrogens is 574 g/mol. The number of nitrogens with zero attached hydrogens (tertiary/aromatic N) is 1. The van der Waals surface area contributed by atoms with E-state index < -0.39 is 42.2 Å². The highest BCUT2D eigenvalue weighted by Crippen LogP contribution is 2.21. The molecule has 0 aliphatic carbocycles. The van der Waals surface area contributed by atoms with Crippen molar-refractivity contribution >= 4 is 23.8 Å². The highest BCUT2D eigenvalue weighted by molar-refractivity contribution is 5.89. The maximum Gasteiger partial charge on any atom is 0.408 e. The van der Waals surface area contributed by atoms with Crippen LogP contribution in [0.15, 0.2) is 60.7 Å². The molecule has 0 aromatic heterocycles. The molecule has 1 saturated heterocycles. The molecule has 1 aliphatic rings. The van der Waals surface area contributed by atoms with Gasteiger partial charge in [-0.3, -0.25) is 14.4 Å². The van der Waals surface area contributed by atoms with Gasteiger partial charge in [0.2, 0.25) is 11.8 Å². The van der Waals surface area contributed by atoms with E-state index in [0.29, 0.717) is 25.6 Å². The van der Waals surface area contributed by atoms with Crippen molar-refractivity contribution in [3.63, 3.8) is 0 Å². The Morgan fingerprint density at radius 3 is 1.98 bits per heavy atom. The van der Waals surface area contributed by atoms with Crippen LogP contribution in [-0.2, 0) is 32.0 Å². The molecule has 0 bridgehead atoms. The number of carbonyl (C=O) groups is 4. The first-order chi connectivity index (χ1) is 21.5. The van der Waals surface area contributed by atoms with E-state index in [0.717, 1.165) is 24.0 Å². The fourth-order valence-corrected chi connectivity index (χ4v) is 5.56. The Hall–Kier alpha value is -3.96. The molecule has 1 unspecified atom stereocenters. The van der Waals surface area contributed by atoms with Gasteiger partial charge in [-0.05, 0) is 63.1 Å². The molecule has 0 radical (unpaired) electrons. The average molecular weight is 624 g/mol. The van der Waals surface area contributed by atoms with Crippen molar-refractivity contribution in [3.8, 4) is 0 Å². The van der Waals surface area contributed by atoms with Crippen molar-refractivity contribution in [1.82, 2.24) is 20.9 Å². The number of hydrogen-bond acceptors (Lipinski definition) is 7. The molecule has 2 aromatic rings. The molecule has 1 heterocycles. The zero-order chi connectivity index (χ0) is 32.9. The highest BCUT2D eigenvalue weighted by atomic mass is 16.6. The van der Waals surface area contributed by atoms with Crippen molar-refractivity contribution in [3.05, 3.63) is 71.8 Å². The summed E-state index contributed by atoms with van der Waals surface area (Å²) in [7, 11) is 1.92. The summed E-state index contributed by atoms with van der Waals surface area (Å²) >= 11 is 0. The van der Waals surface area contributed by atoms with Crippen LogP contribution in [0.25, 0.3) is 0 Å². The number of alkyl carbamates (subject to hydrolysis) is 1. The van der Waals surface area contributed by atoms with Crippen LogP contribution < -0.4 is 21.7 Å². The molecule has 45 heavy (non-hydrogen) atoms. The zero-order valence-corrected chi connectivity index (χ0v) is 26.8. The number of carbonyl (C=O) groups excluding carboxylic acids is 4. The number of ether oxygens (including phenoxy) is 1. The smallest absolute Gasteiger partial charge is 0.408 e. The van der Waals surface area contributed by atoms with Gasteiger partial charge in [0.25, 0.3) is 5.91 Å². The fraction of sp³-hybridized carbons (Fsp3) is 0.529. The first kappa shape index (κ1) is 35.5. The van der Waals surface area contributed by atoms with Crippen LogP contribution in [-0.4, -0.2) is 84.3 Å². The number of aliphatic hydroxyl groups is 1. The molecule has 0 spiro atoms. The van der Waals surface area contributed by atoms with Gasteiger partial charge in [-0.1, -0.05) is 74.5 Å². The topological polar surface area (TPSA) is 163 Å². The molecule has 4 amide bonds. The SMILES string of the molecule is CNC1CCN(C(=O)[C@@H](NC(=O)C(Cc2ccccc2)C[C@@H](O)[C@H](Cc2ccccc2)NC(=O)O[C@@H](C)C(N)=O)C(C)C)CC1. The Bertz CT molecular complexity index is 1240. The van der Waals surface area contributed by atoms with Crippen LogP contribution in [0.1, 0.15) is 51.2 Å². The number of aliphatic hydroxyl groups excluding tert-OH is 1. The van der Waals surface area contributed by atoms with E-state index in [1.54, 1.807) is 0 Å². The third-order valence-corrected chi connectivity index (χ3v) is 8.42. The summed E-state index contributed by atoms with van der Waals surface area (Å²) in [6.07, 6.45) is -0.982. The minimum atomic E-state index is -1.17. The van der Waals surface area contributed by atoms with Gasteiger partial charge >= 0.3 is 6.09 Å². The van der Waals surface area contributed by atoms with Gasteiger partial charge in [0.1, 0.15) is 6.04 Å². The van der Waals surface area contributed by atoms with Crippen LogP contribution in [0.5, 0.6) is 0 Å². The number of benzene rings is 2. The monoisotopic (exact) mass is 623 g/mol. The van der Waals surface area contributed by atoms with Crippen molar-refractivity contribution in [2.45, 2.75) is 83.2 Å². The van der Waals surface area contributed by atoms with Gasteiger partial charge in [-0.15, -0.1) is 0 Å². The van der Waals surface area contributed by atoms with Gasteiger partial charge in [0, 0.05) is 25.0 Å². The van der Waals surface area contributed by atoms with Gasteiger partial charge < -0.3 is 36.4 Å². The van der Waals surface area contributed by atoms with E-state index in [1.165, 1.54) is 6.92 Å². The number of rotatable bonds is 15. The number of nitrogens with one attached hydrogen (secondary N) is 3. The van der Waals surface area contributed by atoms with Crippen molar-refractivity contribution < 1.29 is 29.0 Å². The second-order valence-electron chi connectivity index (χ2n) is 12.2. The molecule has 11 heteroatoms. The van der Waals surface area contributed by atoms with Gasteiger partial charge in [0.15, 0.2) is 6.10 Å². The Kier molecular flexibility index (Phi) is 13.8. The fourth-order valence-electron chi connectivity index (χ4n) is 5.56. The summed E-state index contributed by atoms with van der Waals surface area (Å²) in [6, 6.07) is 17.6. The summed E-state index contributed by atoms with van der Waals surface area (Å²) in [5.41, 5.74) is 6.99.